The molecular formula is C21H18FN5O2. The number of fused-ring (bicyclic) bond motifs is 1. The molecule has 4 rings (SSSR count). The Kier molecular flexibility index (Phi) is 4.67. The van der Waals surface area contributed by atoms with Crippen molar-refractivity contribution in [2.24, 2.45) is 0 Å². The molecule has 146 valence electrons. The van der Waals surface area contributed by atoms with Gasteiger partial charge in [-0.05, 0) is 49.2 Å². The van der Waals surface area contributed by atoms with Crippen LogP contribution < -0.4 is 10.9 Å². The van der Waals surface area contributed by atoms with Gasteiger partial charge in [-0.1, -0.05) is 18.2 Å². The van der Waals surface area contributed by atoms with Crippen molar-refractivity contribution < 1.29 is 9.18 Å². The number of nitrogens with zero attached hydrogens (tertiary/aromatic N) is 4. The second-order valence-electron chi connectivity index (χ2n) is 6.85. The largest absolute Gasteiger partial charge is 0.322 e. The molecule has 0 saturated heterocycles. The number of carbonyl (C=O) groups excluding carboxylic acids is 1. The summed E-state index contributed by atoms with van der Waals surface area (Å²) in [6.45, 7) is 3.68. The van der Waals surface area contributed by atoms with Crippen LogP contribution >= 0.6 is 0 Å². The van der Waals surface area contributed by atoms with Gasteiger partial charge in [0.05, 0.1) is 17.6 Å². The van der Waals surface area contributed by atoms with Crippen LogP contribution in [0.5, 0.6) is 0 Å². The van der Waals surface area contributed by atoms with Crippen LogP contribution in [0.3, 0.4) is 0 Å². The van der Waals surface area contributed by atoms with Crippen molar-refractivity contribution in [1.29, 1.82) is 0 Å². The highest BCUT2D eigenvalue weighted by atomic mass is 19.1. The van der Waals surface area contributed by atoms with Crippen LogP contribution in [-0.2, 0) is 11.3 Å². The molecule has 29 heavy (non-hydrogen) atoms. The van der Waals surface area contributed by atoms with Crippen molar-refractivity contribution >= 4 is 22.6 Å². The molecule has 0 atom stereocenters. The first-order valence-corrected chi connectivity index (χ1v) is 8.98. The molecule has 0 spiro atoms. The first-order chi connectivity index (χ1) is 13.9. The lowest BCUT2D eigenvalue weighted by Crippen LogP contribution is -2.28. The highest BCUT2D eigenvalue weighted by Gasteiger charge is 2.14. The SMILES string of the molecule is Cc1cc(C)cc(-n2ncc3c(=O)n(CC(=O)Nc4ccccc4F)cnc32)c1. The van der Waals surface area contributed by atoms with Gasteiger partial charge in [0.2, 0.25) is 5.91 Å². The highest BCUT2D eigenvalue weighted by Crippen LogP contribution is 2.17. The summed E-state index contributed by atoms with van der Waals surface area (Å²) >= 11 is 0. The van der Waals surface area contributed by atoms with Crippen molar-refractivity contribution in [2.75, 3.05) is 5.32 Å². The predicted octanol–water partition coefficient (Wildman–Crippen LogP) is 2.98. The van der Waals surface area contributed by atoms with Gasteiger partial charge in [-0.15, -0.1) is 0 Å². The number of nitrogens with one attached hydrogen (secondary N) is 1. The fraction of sp³-hybridized carbons (Fsp3) is 0.143. The van der Waals surface area contributed by atoms with E-state index in [4.69, 9.17) is 0 Å². The Hall–Kier alpha value is -3.81. The van der Waals surface area contributed by atoms with Crippen LogP contribution in [0, 0.1) is 19.7 Å². The van der Waals surface area contributed by atoms with E-state index in [0.717, 1.165) is 16.8 Å². The number of carbonyl (C=O) groups is 1. The van der Waals surface area contributed by atoms with Crippen LogP contribution in [0.25, 0.3) is 16.7 Å². The van der Waals surface area contributed by atoms with Crippen LogP contribution in [0.15, 0.2) is 59.8 Å². The number of aromatic nitrogens is 4. The quantitative estimate of drug-likeness (QED) is 0.580. The maximum atomic E-state index is 13.7. The number of anilines is 1. The van der Waals surface area contributed by atoms with Gasteiger partial charge in [-0.3, -0.25) is 14.2 Å². The summed E-state index contributed by atoms with van der Waals surface area (Å²) in [5, 5.41) is 7.05. The second-order valence-corrected chi connectivity index (χ2v) is 6.85. The Balaban J connectivity index is 1.64. The number of benzene rings is 2. The maximum Gasteiger partial charge on any atom is 0.264 e. The van der Waals surface area contributed by atoms with Crippen LogP contribution in [0.2, 0.25) is 0 Å². The third kappa shape index (κ3) is 3.64. The minimum absolute atomic E-state index is 0.0576. The van der Waals surface area contributed by atoms with Gasteiger partial charge in [0.1, 0.15) is 24.1 Å². The van der Waals surface area contributed by atoms with Crippen molar-refractivity contribution in [3.63, 3.8) is 0 Å². The fourth-order valence-electron chi connectivity index (χ4n) is 3.23. The number of amides is 1. The third-order valence-corrected chi connectivity index (χ3v) is 4.47. The van der Waals surface area contributed by atoms with Crippen LogP contribution in [-0.4, -0.2) is 25.2 Å². The summed E-state index contributed by atoms with van der Waals surface area (Å²) in [6.07, 6.45) is 2.74. The van der Waals surface area contributed by atoms with Gasteiger partial charge >= 0.3 is 0 Å². The lowest BCUT2D eigenvalue weighted by molar-refractivity contribution is -0.116. The first kappa shape index (κ1) is 18.5. The first-order valence-electron chi connectivity index (χ1n) is 8.98. The third-order valence-electron chi connectivity index (χ3n) is 4.47. The molecule has 2 heterocycles. The maximum absolute atomic E-state index is 13.7. The molecular weight excluding hydrogens is 373 g/mol. The van der Waals surface area contributed by atoms with E-state index in [1.54, 1.807) is 10.7 Å². The minimum atomic E-state index is -0.545. The van der Waals surface area contributed by atoms with E-state index in [1.807, 2.05) is 32.0 Å². The summed E-state index contributed by atoms with van der Waals surface area (Å²) in [5.74, 6) is -1.07. The standard InChI is InChI=1S/C21H18FN5O2/c1-13-7-14(2)9-15(8-13)27-20-16(10-24-27)21(29)26(12-23-20)11-19(28)25-18-6-4-3-5-17(18)22/h3-10,12H,11H2,1-2H3,(H,25,28). The van der Waals surface area contributed by atoms with Crippen LogP contribution in [0.1, 0.15) is 11.1 Å². The Morgan fingerprint density at radius 2 is 1.86 bits per heavy atom. The average molecular weight is 391 g/mol. The van der Waals surface area contributed by atoms with E-state index < -0.39 is 17.3 Å². The zero-order valence-corrected chi connectivity index (χ0v) is 15.9. The number of aryl methyl sites for hydroxylation is 2. The lowest BCUT2D eigenvalue weighted by Gasteiger charge is -2.09. The van der Waals surface area contributed by atoms with Gasteiger partial charge < -0.3 is 5.32 Å². The summed E-state index contributed by atoms with van der Waals surface area (Å²) in [5.41, 5.74) is 3.02. The fourth-order valence-corrected chi connectivity index (χ4v) is 3.23. The predicted molar refractivity (Wildman–Crippen MR) is 108 cm³/mol. The van der Waals surface area contributed by atoms with Crippen molar-refractivity contribution in [2.45, 2.75) is 20.4 Å². The average Bonchev–Trinajstić information content (AvgIpc) is 3.10. The topological polar surface area (TPSA) is 81.8 Å². The molecule has 0 unspecified atom stereocenters. The normalized spacial score (nSPS) is 11.0. The van der Waals surface area contributed by atoms with E-state index >= 15 is 0 Å². The van der Waals surface area contributed by atoms with Crippen molar-refractivity contribution in [1.82, 2.24) is 19.3 Å². The molecule has 0 saturated carbocycles. The number of halogens is 1. The summed E-state index contributed by atoms with van der Waals surface area (Å²) in [7, 11) is 0. The van der Waals surface area contributed by atoms with Gasteiger partial charge in [0.15, 0.2) is 5.65 Å². The van der Waals surface area contributed by atoms with Gasteiger partial charge in [-0.2, -0.15) is 5.10 Å². The molecule has 0 radical (unpaired) electrons. The molecule has 2 aromatic heterocycles. The Bertz CT molecular complexity index is 1270. The second kappa shape index (κ2) is 7.31. The van der Waals surface area contributed by atoms with E-state index in [9.17, 15) is 14.0 Å². The monoisotopic (exact) mass is 391 g/mol. The van der Waals surface area contributed by atoms with Crippen molar-refractivity contribution in [3.05, 3.63) is 82.3 Å². The lowest BCUT2D eigenvalue weighted by atomic mass is 10.1. The van der Waals surface area contributed by atoms with Gasteiger partial charge in [-0.25, -0.2) is 14.1 Å². The minimum Gasteiger partial charge on any atom is -0.322 e. The summed E-state index contributed by atoms with van der Waals surface area (Å²) in [6, 6.07) is 11.8. The molecule has 7 nitrogen and oxygen atoms in total. The molecule has 0 aliphatic heterocycles. The number of hydrogen-bond donors (Lipinski definition) is 1. The molecule has 0 bridgehead atoms. The van der Waals surface area contributed by atoms with E-state index in [2.05, 4.69) is 15.4 Å². The van der Waals surface area contributed by atoms with E-state index in [0.29, 0.717) is 11.0 Å². The highest BCUT2D eigenvalue weighted by molar-refractivity contribution is 5.90. The molecule has 1 amide bonds. The molecule has 2 aromatic carbocycles. The Morgan fingerprint density at radius 3 is 2.59 bits per heavy atom. The molecule has 0 aliphatic carbocycles. The molecule has 1 N–H and O–H groups in total. The molecule has 4 aromatic rings. The van der Waals surface area contributed by atoms with E-state index in [1.165, 1.54) is 35.3 Å². The molecule has 0 fully saturated rings. The Labute approximate surface area is 165 Å². The molecule has 8 heteroatoms. The number of para-hydroxylation sites is 1. The Morgan fingerprint density at radius 1 is 1.14 bits per heavy atom. The van der Waals surface area contributed by atoms with E-state index in [-0.39, 0.29) is 12.2 Å². The number of rotatable bonds is 4. The summed E-state index contributed by atoms with van der Waals surface area (Å²) in [4.78, 5) is 29.3. The number of hydrogen-bond acceptors (Lipinski definition) is 4. The van der Waals surface area contributed by atoms with Gasteiger partial charge in [0, 0.05) is 0 Å². The smallest absolute Gasteiger partial charge is 0.264 e. The zero-order valence-electron chi connectivity index (χ0n) is 15.9. The van der Waals surface area contributed by atoms with Crippen LogP contribution in [0.4, 0.5) is 10.1 Å². The van der Waals surface area contributed by atoms with Gasteiger partial charge in [0.25, 0.3) is 5.56 Å². The van der Waals surface area contributed by atoms with Crippen molar-refractivity contribution in [3.8, 4) is 5.69 Å². The summed E-state index contributed by atoms with van der Waals surface area (Å²) < 4.78 is 16.5. The zero-order chi connectivity index (χ0) is 20.5. The molecule has 0 aliphatic rings.